The molecule has 4 nitrogen and oxygen atoms in total. The Balaban J connectivity index is 1.55. The fourth-order valence-corrected chi connectivity index (χ4v) is 4.51. The van der Waals surface area contributed by atoms with E-state index in [2.05, 4.69) is 37.5 Å². The van der Waals surface area contributed by atoms with Gasteiger partial charge in [0.1, 0.15) is 0 Å². The van der Waals surface area contributed by atoms with Crippen molar-refractivity contribution in [2.75, 3.05) is 0 Å². The lowest BCUT2D eigenvalue weighted by Gasteiger charge is -2.39. The van der Waals surface area contributed by atoms with Crippen LogP contribution in [-0.2, 0) is 6.54 Å². The van der Waals surface area contributed by atoms with E-state index in [0.29, 0.717) is 17.5 Å². The fourth-order valence-electron chi connectivity index (χ4n) is 4.51. The van der Waals surface area contributed by atoms with E-state index < -0.39 is 0 Å². The van der Waals surface area contributed by atoms with E-state index in [0.717, 1.165) is 17.9 Å². The van der Waals surface area contributed by atoms with Crippen LogP contribution in [0.3, 0.4) is 0 Å². The number of nitrogens with zero attached hydrogens (tertiary/aromatic N) is 1. The average Bonchev–Trinajstić information content (AvgIpc) is 2.87. The van der Waals surface area contributed by atoms with Gasteiger partial charge in [-0.2, -0.15) is 5.26 Å². The van der Waals surface area contributed by atoms with Crippen LogP contribution in [0.2, 0.25) is 0 Å². The Morgan fingerprint density at radius 2 is 2.00 bits per heavy atom. The van der Waals surface area contributed by atoms with Gasteiger partial charge in [0.05, 0.1) is 11.6 Å². The first kappa shape index (κ1) is 15.9. The van der Waals surface area contributed by atoms with E-state index in [1.807, 2.05) is 12.1 Å². The zero-order valence-electron chi connectivity index (χ0n) is 14.1. The maximum atomic E-state index is 12.3. The number of amides is 2. The van der Waals surface area contributed by atoms with Crippen molar-refractivity contribution in [3.05, 3.63) is 35.4 Å². The van der Waals surface area contributed by atoms with Gasteiger partial charge in [-0.05, 0) is 53.7 Å². The summed E-state index contributed by atoms with van der Waals surface area (Å²) in [6.45, 7) is 7.50. The number of carbonyl (C=O) groups excluding carboxylic acids is 1. The summed E-state index contributed by atoms with van der Waals surface area (Å²) in [4.78, 5) is 12.3. The van der Waals surface area contributed by atoms with Crippen molar-refractivity contribution in [1.29, 1.82) is 5.26 Å². The lowest BCUT2D eigenvalue weighted by Crippen LogP contribution is -2.49. The second-order valence-corrected chi connectivity index (χ2v) is 7.80. The monoisotopic (exact) mass is 311 g/mol. The number of nitriles is 1. The van der Waals surface area contributed by atoms with Gasteiger partial charge in [-0.15, -0.1) is 0 Å². The van der Waals surface area contributed by atoms with Crippen LogP contribution < -0.4 is 10.6 Å². The Hall–Kier alpha value is -2.02. The van der Waals surface area contributed by atoms with Gasteiger partial charge in [0, 0.05) is 12.6 Å². The summed E-state index contributed by atoms with van der Waals surface area (Å²) in [5.41, 5.74) is 2.13. The molecule has 3 unspecified atom stereocenters. The molecule has 0 aromatic heterocycles. The number of nitrogens with one attached hydrogen (secondary N) is 2. The van der Waals surface area contributed by atoms with Crippen molar-refractivity contribution in [2.45, 2.75) is 52.6 Å². The van der Waals surface area contributed by atoms with Crippen LogP contribution in [0.15, 0.2) is 24.3 Å². The molecule has 2 aliphatic rings. The quantitative estimate of drug-likeness (QED) is 0.896. The Labute approximate surface area is 138 Å². The topological polar surface area (TPSA) is 64.9 Å². The lowest BCUT2D eigenvalue weighted by atomic mass is 9.69. The summed E-state index contributed by atoms with van der Waals surface area (Å²) in [6.07, 6.45) is 3.58. The zero-order chi connectivity index (χ0) is 16.7. The van der Waals surface area contributed by atoms with E-state index in [9.17, 15) is 4.79 Å². The van der Waals surface area contributed by atoms with Crippen LogP contribution in [0.25, 0.3) is 0 Å². The third kappa shape index (κ3) is 2.59. The highest BCUT2D eigenvalue weighted by Crippen LogP contribution is 2.65. The van der Waals surface area contributed by atoms with Gasteiger partial charge in [0.25, 0.3) is 0 Å². The molecule has 23 heavy (non-hydrogen) atoms. The highest BCUT2D eigenvalue weighted by molar-refractivity contribution is 5.74. The number of hydrogen-bond acceptors (Lipinski definition) is 2. The molecule has 0 aliphatic heterocycles. The van der Waals surface area contributed by atoms with E-state index in [1.165, 1.54) is 12.8 Å². The Kier molecular flexibility index (Phi) is 3.83. The molecule has 2 bridgehead atoms. The van der Waals surface area contributed by atoms with Crippen LogP contribution in [0.1, 0.15) is 51.2 Å². The Morgan fingerprint density at radius 3 is 2.52 bits per heavy atom. The van der Waals surface area contributed by atoms with Crippen LogP contribution in [0.5, 0.6) is 0 Å². The fraction of sp³-hybridized carbons (Fsp3) is 0.579. The number of carbonyl (C=O) groups is 1. The standard InChI is InChI=1S/C19H25N3O/c1-18(2)15-8-9-19(18,3)16(10-15)22-17(23)21-12-14-6-4-13(11-20)5-7-14/h4-7,15-16H,8-10,12H2,1-3H3,(H2,21,22,23). The van der Waals surface area contributed by atoms with Crippen molar-refractivity contribution in [3.8, 4) is 6.07 Å². The van der Waals surface area contributed by atoms with Crippen molar-refractivity contribution in [3.63, 3.8) is 0 Å². The first-order valence-electron chi connectivity index (χ1n) is 8.40. The number of fused-ring (bicyclic) bond motifs is 2. The Bertz CT molecular complexity index is 644. The summed E-state index contributed by atoms with van der Waals surface area (Å²) in [7, 11) is 0. The third-order valence-electron chi connectivity index (χ3n) is 6.64. The van der Waals surface area contributed by atoms with E-state index in [1.54, 1.807) is 12.1 Å². The van der Waals surface area contributed by atoms with Crippen molar-refractivity contribution in [1.82, 2.24) is 10.6 Å². The highest BCUT2D eigenvalue weighted by atomic mass is 16.2. The molecule has 1 aromatic rings. The van der Waals surface area contributed by atoms with Crippen LogP contribution in [0, 0.1) is 28.1 Å². The molecule has 0 heterocycles. The lowest BCUT2D eigenvalue weighted by molar-refractivity contribution is 0.123. The summed E-state index contributed by atoms with van der Waals surface area (Å²) < 4.78 is 0. The van der Waals surface area contributed by atoms with Crippen LogP contribution in [-0.4, -0.2) is 12.1 Å². The van der Waals surface area contributed by atoms with E-state index >= 15 is 0 Å². The van der Waals surface area contributed by atoms with Gasteiger partial charge < -0.3 is 10.6 Å². The van der Waals surface area contributed by atoms with Gasteiger partial charge in [0.15, 0.2) is 0 Å². The SMILES string of the molecule is CC1(C)C2CCC1(C)C(NC(=O)NCc1ccc(C#N)cc1)C2. The second-order valence-electron chi connectivity index (χ2n) is 7.80. The smallest absolute Gasteiger partial charge is 0.315 e. The third-order valence-corrected chi connectivity index (χ3v) is 6.64. The van der Waals surface area contributed by atoms with Crippen molar-refractivity contribution >= 4 is 6.03 Å². The Morgan fingerprint density at radius 1 is 1.30 bits per heavy atom. The van der Waals surface area contributed by atoms with Crippen LogP contribution in [0.4, 0.5) is 4.79 Å². The van der Waals surface area contributed by atoms with Crippen LogP contribution >= 0.6 is 0 Å². The minimum Gasteiger partial charge on any atom is -0.335 e. The summed E-state index contributed by atoms with van der Waals surface area (Å²) >= 11 is 0. The predicted octanol–water partition coefficient (Wildman–Crippen LogP) is 3.57. The second kappa shape index (κ2) is 5.56. The molecule has 2 aliphatic carbocycles. The molecule has 1 aromatic carbocycles. The number of hydrogen-bond donors (Lipinski definition) is 2. The number of rotatable bonds is 3. The van der Waals surface area contributed by atoms with Gasteiger partial charge in [-0.1, -0.05) is 32.9 Å². The molecule has 3 rings (SSSR count). The van der Waals surface area contributed by atoms with E-state index in [-0.39, 0.29) is 17.5 Å². The molecule has 4 heteroatoms. The number of benzene rings is 1. The molecule has 3 atom stereocenters. The molecule has 2 fully saturated rings. The first-order valence-corrected chi connectivity index (χ1v) is 8.40. The molecule has 0 spiro atoms. The minimum atomic E-state index is -0.0936. The predicted molar refractivity (Wildman–Crippen MR) is 89.5 cm³/mol. The van der Waals surface area contributed by atoms with Gasteiger partial charge in [-0.3, -0.25) is 0 Å². The molecular weight excluding hydrogens is 286 g/mol. The maximum Gasteiger partial charge on any atom is 0.315 e. The number of urea groups is 1. The van der Waals surface area contributed by atoms with Gasteiger partial charge in [0.2, 0.25) is 0 Å². The van der Waals surface area contributed by atoms with Gasteiger partial charge >= 0.3 is 6.03 Å². The maximum absolute atomic E-state index is 12.3. The minimum absolute atomic E-state index is 0.0936. The molecule has 2 saturated carbocycles. The first-order chi connectivity index (χ1) is 10.9. The summed E-state index contributed by atoms with van der Waals surface area (Å²) in [6, 6.07) is 9.56. The molecule has 2 N–H and O–H groups in total. The molecular formula is C19H25N3O. The van der Waals surface area contributed by atoms with Crippen molar-refractivity contribution < 1.29 is 4.79 Å². The normalized spacial score (nSPS) is 30.7. The summed E-state index contributed by atoms with van der Waals surface area (Å²) in [5.74, 6) is 0.719. The molecule has 0 saturated heterocycles. The molecule has 0 radical (unpaired) electrons. The van der Waals surface area contributed by atoms with E-state index in [4.69, 9.17) is 5.26 Å². The van der Waals surface area contributed by atoms with Gasteiger partial charge in [-0.25, -0.2) is 4.79 Å². The average molecular weight is 311 g/mol. The zero-order valence-corrected chi connectivity index (χ0v) is 14.1. The highest BCUT2D eigenvalue weighted by Gasteiger charge is 2.61. The molecule has 2 amide bonds. The van der Waals surface area contributed by atoms with Crippen molar-refractivity contribution in [2.24, 2.45) is 16.7 Å². The summed E-state index contributed by atoms with van der Waals surface area (Å²) in [5, 5.41) is 14.9. The molecule has 122 valence electrons. The largest absolute Gasteiger partial charge is 0.335 e.